The van der Waals surface area contributed by atoms with Gasteiger partial charge in [0.15, 0.2) is 10.9 Å². The van der Waals surface area contributed by atoms with Crippen LogP contribution in [0.2, 0.25) is 0 Å². The number of Topliss-reactive ketones (excluding diaryl/α,β-unsaturated/α-hetero) is 1. The predicted octanol–water partition coefficient (Wildman–Crippen LogP) is 2.43. The molecule has 1 aromatic carbocycles. The molecule has 88 valence electrons. The van der Waals surface area contributed by atoms with Crippen LogP contribution in [0, 0.1) is 11.6 Å². The molecule has 0 atom stereocenters. The van der Waals surface area contributed by atoms with Gasteiger partial charge in [-0.3, -0.25) is 4.79 Å². The van der Waals surface area contributed by atoms with Crippen LogP contribution in [0.1, 0.15) is 16.1 Å². The molecule has 2 aromatic rings. The van der Waals surface area contributed by atoms with Gasteiger partial charge in [0, 0.05) is 11.4 Å². The molecule has 0 amide bonds. The number of rotatable bonds is 3. The van der Waals surface area contributed by atoms with E-state index in [0.29, 0.717) is 16.9 Å². The summed E-state index contributed by atoms with van der Waals surface area (Å²) in [5.74, 6) is -2.03. The molecule has 2 N–H and O–H groups in total. The lowest BCUT2D eigenvalue weighted by Gasteiger charge is -2.00. The number of hydrogen-bond donors (Lipinski definition) is 1. The number of nitrogen functional groups attached to an aromatic ring is 1. The number of carbonyl (C=O) groups excluding carboxylic acids is 1. The minimum Gasteiger partial charge on any atom is -0.375 e. The number of benzene rings is 1. The smallest absolute Gasteiger partial charge is 0.180 e. The molecule has 0 aliphatic heterocycles. The molecule has 0 fully saturated rings. The number of halogens is 2. The van der Waals surface area contributed by atoms with E-state index in [1.165, 1.54) is 11.3 Å². The second kappa shape index (κ2) is 4.58. The van der Waals surface area contributed by atoms with Crippen LogP contribution in [0.25, 0.3) is 0 Å². The Hall–Kier alpha value is -1.82. The predicted molar refractivity (Wildman–Crippen MR) is 60.9 cm³/mol. The van der Waals surface area contributed by atoms with Crippen molar-refractivity contribution in [2.75, 3.05) is 5.73 Å². The molecule has 0 spiro atoms. The topological polar surface area (TPSA) is 56.0 Å². The van der Waals surface area contributed by atoms with E-state index in [2.05, 4.69) is 4.98 Å². The third-order valence-electron chi connectivity index (χ3n) is 2.14. The molecule has 17 heavy (non-hydrogen) atoms. The summed E-state index contributed by atoms with van der Waals surface area (Å²) in [5.41, 5.74) is 5.76. The number of anilines is 1. The van der Waals surface area contributed by atoms with E-state index in [0.717, 1.165) is 12.1 Å². The highest BCUT2D eigenvalue weighted by molar-refractivity contribution is 7.13. The quantitative estimate of drug-likeness (QED) is 0.856. The van der Waals surface area contributed by atoms with E-state index in [9.17, 15) is 13.6 Å². The Bertz CT molecular complexity index is 568. The summed E-state index contributed by atoms with van der Waals surface area (Å²) >= 11 is 1.21. The average Bonchev–Trinajstić information content (AvgIpc) is 2.63. The van der Waals surface area contributed by atoms with Crippen LogP contribution in [-0.4, -0.2) is 10.8 Å². The molecule has 6 heteroatoms. The van der Waals surface area contributed by atoms with E-state index in [4.69, 9.17) is 5.73 Å². The van der Waals surface area contributed by atoms with Gasteiger partial charge >= 0.3 is 0 Å². The largest absolute Gasteiger partial charge is 0.375 e. The summed E-state index contributed by atoms with van der Waals surface area (Å²) in [6.07, 6.45) is -0.0454. The number of thiazole rings is 1. The highest BCUT2D eigenvalue weighted by atomic mass is 32.1. The summed E-state index contributed by atoms with van der Waals surface area (Å²) in [6.45, 7) is 0. The Morgan fingerprint density at radius 1 is 1.41 bits per heavy atom. The van der Waals surface area contributed by atoms with Gasteiger partial charge in [0.1, 0.15) is 11.6 Å². The first-order valence-electron chi connectivity index (χ1n) is 4.74. The summed E-state index contributed by atoms with van der Waals surface area (Å²) in [6, 6.07) is 2.86. The fourth-order valence-corrected chi connectivity index (χ4v) is 1.94. The molecule has 0 unspecified atom stereocenters. The molecule has 2 rings (SSSR count). The number of hydrogen-bond acceptors (Lipinski definition) is 4. The second-order valence-corrected chi connectivity index (χ2v) is 4.29. The van der Waals surface area contributed by atoms with E-state index >= 15 is 0 Å². The molecular weight excluding hydrogens is 246 g/mol. The molecule has 0 aliphatic carbocycles. The third-order valence-corrected chi connectivity index (χ3v) is 2.87. The Balaban J connectivity index is 2.20. The van der Waals surface area contributed by atoms with Crippen LogP contribution in [0.4, 0.5) is 13.9 Å². The molecule has 0 bridgehead atoms. The van der Waals surface area contributed by atoms with Crippen LogP contribution < -0.4 is 5.73 Å². The van der Waals surface area contributed by atoms with Crippen LogP contribution >= 0.6 is 11.3 Å². The lowest BCUT2D eigenvalue weighted by atomic mass is 10.1. The summed E-state index contributed by atoms with van der Waals surface area (Å²) < 4.78 is 26.0. The van der Waals surface area contributed by atoms with Crippen molar-refractivity contribution >= 4 is 22.3 Å². The van der Waals surface area contributed by atoms with Gasteiger partial charge in [-0.2, -0.15) is 0 Å². The van der Waals surface area contributed by atoms with Crippen molar-refractivity contribution in [2.45, 2.75) is 6.42 Å². The van der Waals surface area contributed by atoms with Gasteiger partial charge in [-0.15, -0.1) is 11.3 Å². The maximum Gasteiger partial charge on any atom is 0.180 e. The van der Waals surface area contributed by atoms with Crippen LogP contribution in [0.15, 0.2) is 23.6 Å². The maximum absolute atomic E-state index is 13.3. The number of nitrogens with zero attached hydrogens (tertiary/aromatic N) is 1. The molecule has 1 heterocycles. The first-order valence-corrected chi connectivity index (χ1v) is 5.62. The van der Waals surface area contributed by atoms with Crippen LogP contribution in [0.5, 0.6) is 0 Å². The highest BCUT2D eigenvalue weighted by Gasteiger charge is 2.14. The number of ketones is 1. The van der Waals surface area contributed by atoms with Crippen molar-refractivity contribution < 1.29 is 13.6 Å². The Kier molecular flexibility index (Phi) is 3.14. The number of nitrogens with two attached hydrogens (primary N) is 1. The minimum atomic E-state index is -0.863. The van der Waals surface area contributed by atoms with Crippen molar-refractivity contribution in [1.29, 1.82) is 0 Å². The van der Waals surface area contributed by atoms with Crippen molar-refractivity contribution in [3.8, 4) is 0 Å². The van der Waals surface area contributed by atoms with Crippen LogP contribution in [-0.2, 0) is 6.42 Å². The minimum absolute atomic E-state index is 0.0454. The Morgan fingerprint density at radius 3 is 2.76 bits per heavy atom. The molecule has 1 aromatic heterocycles. The highest BCUT2D eigenvalue weighted by Crippen LogP contribution is 2.16. The van der Waals surface area contributed by atoms with Crippen molar-refractivity contribution in [3.63, 3.8) is 0 Å². The van der Waals surface area contributed by atoms with Crippen LogP contribution in [0.3, 0.4) is 0 Å². The van der Waals surface area contributed by atoms with Gasteiger partial charge in [-0.1, -0.05) is 0 Å². The van der Waals surface area contributed by atoms with Crippen molar-refractivity contribution in [1.82, 2.24) is 4.98 Å². The fourth-order valence-electron chi connectivity index (χ4n) is 1.38. The molecule has 3 nitrogen and oxygen atoms in total. The first-order chi connectivity index (χ1) is 8.06. The Morgan fingerprint density at radius 2 is 2.18 bits per heavy atom. The van der Waals surface area contributed by atoms with Gasteiger partial charge in [0.25, 0.3) is 0 Å². The van der Waals surface area contributed by atoms with E-state index in [1.54, 1.807) is 5.38 Å². The molecular formula is C11H8F2N2OS. The zero-order valence-corrected chi connectivity index (χ0v) is 9.43. The monoisotopic (exact) mass is 254 g/mol. The molecule has 0 aliphatic rings. The summed E-state index contributed by atoms with van der Waals surface area (Å²) in [7, 11) is 0. The summed E-state index contributed by atoms with van der Waals surface area (Å²) in [5, 5.41) is 1.99. The lowest BCUT2D eigenvalue weighted by molar-refractivity contribution is 0.0988. The SMILES string of the molecule is Nc1nc(CC(=O)c2ccc(F)cc2F)cs1. The van der Waals surface area contributed by atoms with Gasteiger partial charge in [0.2, 0.25) is 0 Å². The maximum atomic E-state index is 13.3. The zero-order valence-electron chi connectivity index (χ0n) is 8.61. The molecule has 0 saturated heterocycles. The van der Waals surface area contributed by atoms with Gasteiger partial charge in [0.05, 0.1) is 17.7 Å². The standard InChI is InChI=1S/C11H8F2N2OS/c12-6-1-2-8(9(13)3-6)10(16)4-7-5-17-11(14)15-7/h1-3,5H,4H2,(H2,14,15). The van der Waals surface area contributed by atoms with E-state index < -0.39 is 17.4 Å². The normalized spacial score (nSPS) is 10.5. The average molecular weight is 254 g/mol. The fraction of sp³-hybridized carbons (Fsp3) is 0.0909. The van der Waals surface area contributed by atoms with Crippen molar-refractivity contribution in [2.24, 2.45) is 0 Å². The third kappa shape index (κ3) is 2.65. The second-order valence-electron chi connectivity index (χ2n) is 3.40. The Labute approximate surface area is 99.9 Å². The number of aromatic nitrogens is 1. The van der Waals surface area contributed by atoms with Gasteiger partial charge < -0.3 is 5.73 Å². The lowest BCUT2D eigenvalue weighted by Crippen LogP contribution is -2.06. The first kappa shape index (κ1) is 11.7. The van der Waals surface area contributed by atoms with Gasteiger partial charge in [-0.05, 0) is 12.1 Å². The summed E-state index contributed by atoms with van der Waals surface area (Å²) in [4.78, 5) is 15.6. The van der Waals surface area contributed by atoms with Gasteiger partial charge in [-0.25, -0.2) is 13.8 Å². The van der Waals surface area contributed by atoms with Crippen molar-refractivity contribution in [3.05, 3.63) is 46.5 Å². The molecule has 0 saturated carbocycles. The zero-order chi connectivity index (χ0) is 12.4. The number of carbonyl (C=O) groups is 1. The van der Waals surface area contributed by atoms with E-state index in [-0.39, 0.29) is 12.0 Å². The van der Waals surface area contributed by atoms with E-state index in [1.807, 2.05) is 0 Å². The molecule has 0 radical (unpaired) electrons.